The molecule has 0 heterocycles. The van der Waals surface area contributed by atoms with Gasteiger partial charge in [0.15, 0.2) is 17.7 Å². The number of nitrogen functional groups attached to an aromatic ring is 1. The molecular formula is C25H23BrFN3O5. The van der Waals surface area contributed by atoms with Crippen molar-refractivity contribution in [1.29, 1.82) is 0 Å². The Labute approximate surface area is 209 Å². The van der Waals surface area contributed by atoms with Gasteiger partial charge in [0.2, 0.25) is 5.91 Å². The number of carbonyl (C=O) groups excluding carboxylic acids is 2. The number of methoxy groups -OCH3 is 1. The molecule has 0 aliphatic carbocycles. The van der Waals surface area contributed by atoms with E-state index in [9.17, 15) is 19.1 Å². The normalized spacial score (nSPS) is 12.7. The van der Waals surface area contributed by atoms with E-state index in [0.29, 0.717) is 17.1 Å². The minimum atomic E-state index is -1.16. The number of phenols is 1. The van der Waals surface area contributed by atoms with Gasteiger partial charge in [0.1, 0.15) is 6.10 Å². The molecule has 0 spiro atoms. The van der Waals surface area contributed by atoms with Gasteiger partial charge in [-0.15, -0.1) is 0 Å². The SMILES string of the molecule is CO[C@@H](/C=C/C(=O)Nc1ccccc1N)[C@@H](OC(=O)Nc1ccc(Br)cc1)c1ccc(O)c(F)c1. The van der Waals surface area contributed by atoms with Crippen LogP contribution in [-0.2, 0) is 14.3 Å². The third-order valence-electron chi connectivity index (χ3n) is 4.85. The van der Waals surface area contributed by atoms with Crippen LogP contribution in [0, 0.1) is 5.82 Å². The number of amides is 2. The maximum atomic E-state index is 14.1. The zero-order valence-electron chi connectivity index (χ0n) is 18.6. The number of rotatable bonds is 8. The number of phenolic OH excluding ortho intramolecular Hbond substituents is 1. The van der Waals surface area contributed by atoms with Crippen molar-refractivity contribution >= 4 is 45.0 Å². The predicted molar refractivity (Wildman–Crippen MR) is 134 cm³/mol. The summed E-state index contributed by atoms with van der Waals surface area (Å²) in [6.45, 7) is 0. The lowest BCUT2D eigenvalue weighted by Gasteiger charge is -2.24. The van der Waals surface area contributed by atoms with E-state index in [1.165, 1.54) is 25.3 Å². The van der Waals surface area contributed by atoms with Gasteiger partial charge >= 0.3 is 6.09 Å². The number of carbonyl (C=O) groups is 2. The molecule has 5 N–H and O–H groups in total. The molecule has 8 nitrogen and oxygen atoms in total. The number of ether oxygens (including phenoxy) is 2. The Balaban J connectivity index is 1.81. The molecule has 35 heavy (non-hydrogen) atoms. The highest BCUT2D eigenvalue weighted by Crippen LogP contribution is 2.29. The molecule has 0 saturated carbocycles. The molecular weight excluding hydrogens is 521 g/mol. The van der Waals surface area contributed by atoms with Gasteiger partial charge in [-0.05, 0) is 60.2 Å². The van der Waals surface area contributed by atoms with Crippen molar-refractivity contribution in [3.8, 4) is 5.75 Å². The fraction of sp³-hybridized carbons (Fsp3) is 0.120. The van der Waals surface area contributed by atoms with Crippen LogP contribution in [0.4, 0.5) is 26.2 Å². The third-order valence-corrected chi connectivity index (χ3v) is 5.38. The molecule has 2 amide bonds. The van der Waals surface area contributed by atoms with Gasteiger partial charge in [-0.3, -0.25) is 10.1 Å². The van der Waals surface area contributed by atoms with Crippen molar-refractivity contribution in [3.63, 3.8) is 0 Å². The average molecular weight is 544 g/mol. The summed E-state index contributed by atoms with van der Waals surface area (Å²) in [5.41, 5.74) is 7.34. The lowest BCUT2D eigenvalue weighted by molar-refractivity contribution is -0.112. The lowest BCUT2D eigenvalue weighted by Crippen LogP contribution is -2.27. The number of hydrogen-bond donors (Lipinski definition) is 4. The summed E-state index contributed by atoms with van der Waals surface area (Å²) in [4.78, 5) is 25.0. The Kier molecular flexibility index (Phi) is 8.82. The minimum Gasteiger partial charge on any atom is -0.505 e. The monoisotopic (exact) mass is 543 g/mol. The van der Waals surface area contributed by atoms with Crippen molar-refractivity contribution in [1.82, 2.24) is 0 Å². The van der Waals surface area contributed by atoms with Crippen LogP contribution < -0.4 is 16.4 Å². The molecule has 0 aromatic heterocycles. The van der Waals surface area contributed by atoms with E-state index in [1.807, 2.05) is 0 Å². The zero-order valence-corrected chi connectivity index (χ0v) is 20.2. The van der Waals surface area contributed by atoms with Gasteiger partial charge in [-0.1, -0.05) is 34.1 Å². The molecule has 3 aromatic carbocycles. The van der Waals surface area contributed by atoms with Gasteiger partial charge < -0.3 is 25.6 Å². The molecule has 0 radical (unpaired) electrons. The van der Waals surface area contributed by atoms with Crippen molar-refractivity contribution in [2.75, 3.05) is 23.5 Å². The number of benzene rings is 3. The zero-order chi connectivity index (χ0) is 25.4. The van der Waals surface area contributed by atoms with Crippen LogP contribution in [-0.4, -0.2) is 30.3 Å². The third kappa shape index (κ3) is 7.29. The van der Waals surface area contributed by atoms with Gasteiger partial charge in [-0.2, -0.15) is 0 Å². The van der Waals surface area contributed by atoms with Gasteiger partial charge in [0, 0.05) is 23.3 Å². The van der Waals surface area contributed by atoms with Crippen LogP contribution in [0.2, 0.25) is 0 Å². The molecule has 0 bridgehead atoms. The summed E-state index contributed by atoms with van der Waals surface area (Å²) in [5.74, 6) is -1.96. The molecule has 182 valence electrons. The van der Waals surface area contributed by atoms with E-state index in [2.05, 4.69) is 26.6 Å². The highest BCUT2D eigenvalue weighted by atomic mass is 79.9. The summed E-state index contributed by atoms with van der Waals surface area (Å²) in [7, 11) is 1.35. The Morgan fingerprint density at radius 2 is 1.80 bits per heavy atom. The highest BCUT2D eigenvalue weighted by Gasteiger charge is 2.27. The van der Waals surface area contributed by atoms with Crippen molar-refractivity contribution in [2.24, 2.45) is 0 Å². The number of aromatic hydroxyl groups is 1. The average Bonchev–Trinajstić information content (AvgIpc) is 2.83. The second-order valence-corrected chi connectivity index (χ2v) is 8.22. The highest BCUT2D eigenvalue weighted by molar-refractivity contribution is 9.10. The Morgan fingerprint density at radius 1 is 1.09 bits per heavy atom. The minimum absolute atomic E-state index is 0.204. The number of anilines is 3. The fourth-order valence-corrected chi connectivity index (χ4v) is 3.36. The first-order valence-electron chi connectivity index (χ1n) is 10.3. The maximum Gasteiger partial charge on any atom is 0.412 e. The van der Waals surface area contributed by atoms with Crippen LogP contribution in [0.5, 0.6) is 5.75 Å². The number of nitrogens with one attached hydrogen (secondary N) is 2. The Hall–Kier alpha value is -3.89. The first kappa shape index (κ1) is 25.7. The van der Waals surface area contributed by atoms with E-state index in [0.717, 1.165) is 16.6 Å². The molecule has 10 heteroatoms. The fourth-order valence-electron chi connectivity index (χ4n) is 3.09. The topological polar surface area (TPSA) is 123 Å². The summed E-state index contributed by atoms with van der Waals surface area (Å²) in [6, 6.07) is 17.1. The summed E-state index contributed by atoms with van der Waals surface area (Å²) < 4.78 is 25.9. The molecule has 0 aliphatic rings. The van der Waals surface area contributed by atoms with Crippen LogP contribution in [0.25, 0.3) is 0 Å². The van der Waals surface area contributed by atoms with Crippen LogP contribution in [0.3, 0.4) is 0 Å². The molecule has 2 atom stereocenters. The quantitative estimate of drug-likeness (QED) is 0.223. The second-order valence-electron chi connectivity index (χ2n) is 7.30. The Morgan fingerprint density at radius 3 is 2.46 bits per heavy atom. The predicted octanol–water partition coefficient (Wildman–Crippen LogP) is 5.38. The number of halogens is 2. The number of nitrogens with two attached hydrogens (primary N) is 1. The molecule has 3 aromatic rings. The second kappa shape index (κ2) is 12.0. The van der Waals surface area contributed by atoms with Gasteiger partial charge in [0.05, 0.1) is 11.4 Å². The van der Waals surface area contributed by atoms with E-state index in [-0.39, 0.29) is 5.56 Å². The number of hydrogen-bond acceptors (Lipinski definition) is 6. The van der Waals surface area contributed by atoms with Crippen molar-refractivity contribution in [3.05, 3.63) is 94.7 Å². The molecule has 3 rings (SSSR count). The first-order valence-corrected chi connectivity index (χ1v) is 11.1. The molecule has 0 fully saturated rings. The summed E-state index contributed by atoms with van der Waals surface area (Å²) in [6.07, 6.45) is -0.399. The van der Waals surface area contributed by atoms with E-state index in [4.69, 9.17) is 15.2 Å². The van der Waals surface area contributed by atoms with Crippen LogP contribution >= 0.6 is 15.9 Å². The summed E-state index contributed by atoms with van der Waals surface area (Å²) in [5, 5.41) is 14.8. The van der Waals surface area contributed by atoms with Crippen molar-refractivity contribution < 1.29 is 28.6 Å². The standard InChI is InChI=1S/C25H23BrFN3O5/c1-34-22(12-13-23(32)30-20-5-3-2-4-19(20)28)24(15-6-11-21(31)18(27)14-15)35-25(33)29-17-9-7-16(26)8-10-17/h2-14,22,24,31H,28H2,1H3,(H,29,33)(H,30,32)/b13-12+/t22-,24-/m0/s1. The Bertz CT molecular complexity index is 1220. The molecule has 0 saturated heterocycles. The van der Waals surface area contributed by atoms with Crippen LogP contribution in [0.15, 0.2) is 83.4 Å². The van der Waals surface area contributed by atoms with Gasteiger partial charge in [0.25, 0.3) is 0 Å². The van der Waals surface area contributed by atoms with E-state index >= 15 is 0 Å². The first-order chi connectivity index (χ1) is 16.8. The smallest absolute Gasteiger partial charge is 0.412 e. The molecule has 0 aliphatic heterocycles. The largest absolute Gasteiger partial charge is 0.505 e. The lowest BCUT2D eigenvalue weighted by atomic mass is 10.0. The van der Waals surface area contributed by atoms with Gasteiger partial charge in [-0.25, -0.2) is 9.18 Å². The van der Waals surface area contributed by atoms with E-state index in [1.54, 1.807) is 48.5 Å². The maximum absolute atomic E-state index is 14.1. The van der Waals surface area contributed by atoms with Crippen LogP contribution in [0.1, 0.15) is 11.7 Å². The summed E-state index contributed by atoms with van der Waals surface area (Å²) >= 11 is 3.31. The van der Waals surface area contributed by atoms with Crippen molar-refractivity contribution in [2.45, 2.75) is 12.2 Å². The number of para-hydroxylation sites is 2. The molecule has 0 unspecified atom stereocenters. The van der Waals surface area contributed by atoms with E-state index < -0.39 is 35.8 Å².